The first-order chi connectivity index (χ1) is 9.39. The maximum absolute atomic E-state index is 11.4. The standard InChI is InChI=1S/C17H33NO2/c1-5-6-7-8-10-14(2)18-12-9-11-15(13-18)17(3,4)16(19)20/h14-15H,5-13H2,1-4H3,(H,19,20). The van der Waals surface area contributed by atoms with Crippen LogP contribution in [0.5, 0.6) is 0 Å². The minimum absolute atomic E-state index is 0.284. The minimum atomic E-state index is -0.653. The molecule has 0 aromatic rings. The highest BCUT2D eigenvalue weighted by Gasteiger charge is 2.39. The average Bonchev–Trinajstić information content (AvgIpc) is 2.43. The van der Waals surface area contributed by atoms with Crippen LogP contribution >= 0.6 is 0 Å². The Labute approximate surface area is 124 Å². The predicted molar refractivity (Wildman–Crippen MR) is 83.9 cm³/mol. The molecule has 0 aromatic heterocycles. The maximum Gasteiger partial charge on any atom is 0.309 e. The first-order valence-corrected chi connectivity index (χ1v) is 8.37. The van der Waals surface area contributed by atoms with Crippen molar-refractivity contribution < 1.29 is 9.90 Å². The van der Waals surface area contributed by atoms with E-state index in [4.69, 9.17) is 0 Å². The van der Waals surface area contributed by atoms with Crippen LogP contribution in [0.3, 0.4) is 0 Å². The van der Waals surface area contributed by atoms with Crippen molar-refractivity contribution >= 4 is 5.97 Å². The Kier molecular flexibility index (Phi) is 7.01. The van der Waals surface area contributed by atoms with Crippen molar-refractivity contribution in [2.75, 3.05) is 13.1 Å². The highest BCUT2D eigenvalue weighted by molar-refractivity contribution is 5.74. The van der Waals surface area contributed by atoms with Crippen LogP contribution in [-0.4, -0.2) is 35.1 Å². The molecule has 3 heteroatoms. The van der Waals surface area contributed by atoms with Gasteiger partial charge in [0.1, 0.15) is 0 Å². The molecule has 0 spiro atoms. The molecule has 1 fully saturated rings. The molecule has 20 heavy (non-hydrogen) atoms. The van der Waals surface area contributed by atoms with Gasteiger partial charge in [0.15, 0.2) is 0 Å². The Morgan fingerprint density at radius 3 is 2.65 bits per heavy atom. The van der Waals surface area contributed by atoms with E-state index in [0.717, 1.165) is 25.9 Å². The molecule has 3 nitrogen and oxygen atoms in total. The molecule has 118 valence electrons. The summed E-state index contributed by atoms with van der Waals surface area (Å²) in [5, 5.41) is 9.40. The second-order valence-electron chi connectivity index (χ2n) is 7.06. The molecule has 0 bridgehead atoms. The number of carbonyl (C=O) groups is 1. The average molecular weight is 283 g/mol. The lowest BCUT2D eigenvalue weighted by Crippen LogP contribution is -2.47. The zero-order chi connectivity index (χ0) is 15.2. The Morgan fingerprint density at radius 2 is 2.05 bits per heavy atom. The smallest absolute Gasteiger partial charge is 0.309 e. The van der Waals surface area contributed by atoms with E-state index in [1.807, 2.05) is 13.8 Å². The third kappa shape index (κ3) is 4.76. The summed E-state index contributed by atoms with van der Waals surface area (Å²) in [6.07, 6.45) is 8.70. The first-order valence-electron chi connectivity index (χ1n) is 8.37. The summed E-state index contributed by atoms with van der Waals surface area (Å²) in [5.74, 6) is -0.369. The molecule has 1 heterocycles. The van der Waals surface area contributed by atoms with Gasteiger partial charge in [0.25, 0.3) is 0 Å². The van der Waals surface area contributed by atoms with Crippen molar-refractivity contribution in [1.29, 1.82) is 0 Å². The summed E-state index contributed by atoms with van der Waals surface area (Å²) in [6.45, 7) is 10.4. The fourth-order valence-corrected chi connectivity index (χ4v) is 3.22. The summed E-state index contributed by atoms with van der Waals surface area (Å²) in [4.78, 5) is 13.9. The van der Waals surface area contributed by atoms with Crippen molar-refractivity contribution in [2.24, 2.45) is 11.3 Å². The van der Waals surface area contributed by atoms with Crippen LogP contribution in [0.4, 0.5) is 0 Å². The van der Waals surface area contributed by atoms with E-state index in [2.05, 4.69) is 18.7 Å². The second kappa shape index (κ2) is 8.02. The molecule has 1 saturated heterocycles. The lowest BCUT2D eigenvalue weighted by Gasteiger charge is -2.41. The normalized spacial score (nSPS) is 22.7. The zero-order valence-electron chi connectivity index (χ0n) is 13.8. The Balaban J connectivity index is 2.45. The molecule has 1 rings (SSSR count). The van der Waals surface area contributed by atoms with Crippen LogP contribution in [0.25, 0.3) is 0 Å². The van der Waals surface area contributed by atoms with Crippen LogP contribution < -0.4 is 0 Å². The van der Waals surface area contributed by atoms with Gasteiger partial charge in [0, 0.05) is 12.6 Å². The quantitative estimate of drug-likeness (QED) is 0.680. The van der Waals surface area contributed by atoms with Crippen LogP contribution in [-0.2, 0) is 4.79 Å². The number of hydrogen-bond donors (Lipinski definition) is 1. The number of likely N-dealkylation sites (tertiary alicyclic amines) is 1. The van der Waals surface area contributed by atoms with Gasteiger partial charge in [-0.05, 0) is 52.5 Å². The summed E-state index contributed by atoms with van der Waals surface area (Å²) >= 11 is 0. The van der Waals surface area contributed by atoms with E-state index in [1.165, 1.54) is 32.1 Å². The van der Waals surface area contributed by atoms with Gasteiger partial charge in [-0.3, -0.25) is 4.79 Å². The van der Waals surface area contributed by atoms with Gasteiger partial charge in [-0.25, -0.2) is 0 Å². The highest BCUT2D eigenvalue weighted by atomic mass is 16.4. The number of rotatable bonds is 8. The fourth-order valence-electron chi connectivity index (χ4n) is 3.22. The van der Waals surface area contributed by atoms with E-state index < -0.39 is 11.4 Å². The number of unbranched alkanes of at least 4 members (excludes halogenated alkanes) is 3. The lowest BCUT2D eigenvalue weighted by molar-refractivity contribution is -0.151. The Morgan fingerprint density at radius 1 is 1.35 bits per heavy atom. The van der Waals surface area contributed by atoms with Crippen molar-refractivity contribution in [3.8, 4) is 0 Å². The Bertz CT molecular complexity index is 301. The summed E-state index contributed by atoms with van der Waals surface area (Å²) in [5.41, 5.74) is -0.597. The SMILES string of the molecule is CCCCCCC(C)N1CCCC(C(C)(C)C(=O)O)C1. The van der Waals surface area contributed by atoms with Crippen LogP contribution in [0.15, 0.2) is 0 Å². The van der Waals surface area contributed by atoms with Crippen molar-refractivity contribution in [2.45, 2.75) is 78.7 Å². The third-order valence-electron chi connectivity index (χ3n) is 5.12. The van der Waals surface area contributed by atoms with E-state index in [0.29, 0.717) is 6.04 Å². The van der Waals surface area contributed by atoms with Gasteiger partial charge >= 0.3 is 5.97 Å². The van der Waals surface area contributed by atoms with Gasteiger partial charge in [-0.1, -0.05) is 32.6 Å². The minimum Gasteiger partial charge on any atom is -0.481 e. The molecule has 1 N–H and O–H groups in total. The molecule has 2 atom stereocenters. The highest BCUT2D eigenvalue weighted by Crippen LogP contribution is 2.35. The molecule has 1 aliphatic rings. The Hall–Kier alpha value is -0.570. The van der Waals surface area contributed by atoms with Gasteiger partial charge in [-0.15, -0.1) is 0 Å². The molecule has 0 aliphatic carbocycles. The van der Waals surface area contributed by atoms with Crippen LogP contribution in [0, 0.1) is 11.3 Å². The lowest BCUT2D eigenvalue weighted by atomic mass is 9.74. The largest absolute Gasteiger partial charge is 0.481 e. The number of hydrogen-bond acceptors (Lipinski definition) is 2. The van der Waals surface area contributed by atoms with E-state index in [-0.39, 0.29) is 5.92 Å². The summed E-state index contributed by atoms with van der Waals surface area (Å²) < 4.78 is 0. The van der Waals surface area contributed by atoms with Crippen molar-refractivity contribution in [3.05, 3.63) is 0 Å². The second-order valence-corrected chi connectivity index (χ2v) is 7.06. The molecule has 0 radical (unpaired) electrons. The first kappa shape index (κ1) is 17.5. The van der Waals surface area contributed by atoms with E-state index >= 15 is 0 Å². The number of carboxylic acid groups (broad SMARTS) is 1. The molecule has 0 saturated carbocycles. The molecule has 2 unspecified atom stereocenters. The topological polar surface area (TPSA) is 40.5 Å². The van der Waals surface area contributed by atoms with Crippen molar-refractivity contribution in [3.63, 3.8) is 0 Å². The van der Waals surface area contributed by atoms with E-state index in [9.17, 15) is 9.90 Å². The fraction of sp³-hybridized carbons (Fsp3) is 0.941. The molecule has 1 aliphatic heterocycles. The molecule has 0 aromatic carbocycles. The summed E-state index contributed by atoms with van der Waals surface area (Å²) in [7, 11) is 0. The van der Waals surface area contributed by atoms with Gasteiger partial charge in [-0.2, -0.15) is 0 Å². The maximum atomic E-state index is 11.4. The predicted octanol–water partition coefficient (Wildman–Crippen LogP) is 4.17. The van der Waals surface area contributed by atoms with Crippen LogP contribution in [0.2, 0.25) is 0 Å². The zero-order valence-corrected chi connectivity index (χ0v) is 13.8. The molecular weight excluding hydrogens is 250 g/mol. The van der Waals surface area contributed by atoms with Crippen LogP contribution in [0.1, 0.15) is 72.6 Å². The molecule has 0 amide bonds. The summed E-state index contributed by atoms with van der Waals surface area (Å²) in [6, 6.07) is 0.597. The third-order valence-corrected chi connectivity index (χ3v) is 5.12. The van der Waals surface area contributed by atoms with E-state index in [1.54, 1.807) is 0 Å². The van der Waals surface area contributed by atoms with Gasteiger partial charge in [0.05, 0.1) is 5.41 Å². The number of nitrogens with zero attached hydrogens (tertiary/aromatic N) is 1. The number of carboxylic acids is 1. The van der Waals surface area contributed by atoms with Gasteiger partial charge in [0.2, 0.25) is 0 Å². The van der Waals surface area contributed by atoms with Gasteiger partial charge < -0.3 is 10.0 Å². The number of aliphatic carboxylic acids is 1. The monoisotopic (exact) mass is 283 g/mol. The molecular formula is C17H33NO2. The number of piperidine rings is 1. The van der Waals surface area contributed by atoms with Crippen molar-refractivity contribution in [1.82, 2.24) is 4.90 Å².